The first kappa shape index (κ1) is 6.68. The highest BCUT2D eigenvalue weighted by molar-refractivity contribution is 8.04. The molecule has 0 radical (unpaired) electrons. The van der Waals surface area contributed by atoms with Crippen molar-refractivity contribution in [2.24, 2.45) is 0 Å². The first-order valence-electron chi connectivity index (χ1n) is 2.73. The highest BCUT2D eigenvalue weighted by atomic mass is 32.2. The van der Waals surface area contributed by atoms with Crippen LogP contribution in [0.3, 0.4) is 0 Å². The molecule has 0 heterocycles. The lowest BCUT2D eigenvalue weighted by molar-refractivity contribution is -0.137. The van der Waals surface area contributed by atoms with Crippen LogP contribution in [0.5, 0.6) is 0 Å². The molecule has 1 N–H and O–H groups in total. The number of rotatable bonds is 3. The zero-order valence-corrected chi connectivity index (χ0v) is 5.78. The number of carboxylic acids is 1. The maximum absolute atomic E-state index is 10.4. The minimum absolute atomic E-state index is 0.484. The van der Waals surface area contributed by atoms with Crippen LogP contribution in [0.25, 0.3) is 0 Å². The molecule has 0 atom stereocenters. The van der Waals surface area contributed by atoms with E-state index in [4.69, 9.17) is 5.11 Å². The Labute approximate surface area is 57.9 Å². The summed E-state index contributed by atoms with van der Waals surface area (Å²) in [5, 5.41) is 10.2. The minimum atomic E-state index is -0.701. The van der Waals surface area contributed by atoms with E-state index >= 15 is 0 Å². The van der Waals surface area contributed by atoms with Crippen LogP contribution in [0.2, 0.25) is 0 Å². The third kappa shape index (κ3) is 1.10. The van der Waals surface area contributed by atoms with Gasteiger partial charge < -0.3 is 5.11 Å². The van der Waals surface area contributed by atoms with Gasteiger partial charge in [0.1, 0.15) is 4.75 Å². The van der Waals surface area contributed by atoms with Crippen LogP contribution in [0.1, 0.15) is 12.8 Å². The van der Waals surface area contributed by atoms with Crippen molar-refractivity contribution in [3.63, 3.8) is 0 Å². The van der Waals surface area contributed by atoms with Crippen molar-refractivity contribution in [1.29, 1.82) is 0 Å². The van der Waals surface area contributed by atoms with Crippen LogP contribution in [-0.4, -0.2) is 15.8 Å². The normalized spacial score (nSPS) is 20.9. The Hall–Kier alpha value is -0.440. The Balaban J connectivity index is 2.52. The second kappa shape index (κ2) is 2.06. The molecule has 0 spiro atoms. The van der Waals surface area contributed by atoms with Crippen LogP contribution in [0, 0.1) is 0 Å². The van der Waals surface area contributed by atoms with Crippen molar-refractivity contribution in [2.45, 2.75) is 17.6 Å². The lowest BCUT2D eigenvalue weighted by atomic mass is 10.4. The van der Waals surface area contributed by atoms with E-state index in [2.05, 4.69) is 6.58 Å². The van der Waals surface area contributed by atoms with Crippen molar-refractivity contribution in [3.8, 4) is 0 Å². The van der Waals surface area contributed by atoms with Gasteiger partial charge in [0.2, 0.25) is 0 Å². The fourth-order valence-electron chi connectivity index (χ4n) is 0.655. The van der Waals surface area contributed by atoms with Gasteiger partial charge in [-0.15, -0.1) is 11.8 Å². The van der Waals surface area contributed by atoms with E-state index in [1.807, 2.05) is 0 Å². The molecule has 50 valence electrons. The van der Waals surface area contributed by atoms with Gasteiger partial charge in [-0.3, -0.25) is 4.79 Å². The largest absolute Gasteiger partial charge is 0.480 e. The highest BCUT2D eigenvalue weighted by Crippen LogP contribution is 2.48. The summed E-state index contributed by atoms with van der Waals surface area (Å²) in [6, 6.07) is 0. The van der Waals surface area contributed by atoms with Gasteiger partial charge in [0, 0.05) is 0 Å². The highest BCUT2D eigenvalue weighted by Gasteiger charge is 2.50. The Morgan fingerprint density at radius 1 is 1.78 bits per heavy atom. The molecule has 0 aromatic heterocycles. The van der Waals surface area contributed by atoms with Gasteiger partial charge in [-0.05, 0) is 18.2 Å². The number of hydrogen-bond acceptors (Lipinski definition) is 2. The Morgan fingerprint density at radius 2 is 2.33 bits per heavy atom. The number of thioether (sulfide) groups is 1. The molecule has 0 aliphatic heterocycles. The van der Waals surface area contributed by atoms with Crippen molar-refractivity contribution >= 4 is 17.7 Å². The molecule has 0 unspecified atom stereocenters. The van der Waals surface area contributed by atoms with Gasteiger partial charge in [-0.2, -0.15) is 0 Å². The van der Waals surface area contributed by atoms with Crippen molar-refractivity contribution < 1.29 is 9.90 Å². The van der Waals surface area contributed by atoms with E-state index in [9.17, 15) is 4.79 Å². The summed E-state index contributed by atoms with van der Waals surface area (Å²) in [7, 11) is 0. The van der Waals surface area contributed by atoms with Crippen LogP contribution in [0.4, 0.5) is 0 Å². The molecule has 0 saturated heterocycles. The molecule has 1 rings (SSSR count). The molecule has 0 amide bonds. The Kier molecular flexibility index (Phi) is 1.53. The lowest BCUT2D eigenvalue weighted by Gasteiger charge is -2.02. The number of hydrogen-bond donors (Lipinski definition) is 1. The second-order valence-corrected chi connectivity index (χ2v) is 3.43. The summed E-state index contributed by atoms with van der Waals surface area (Å²) in [6.07, 6.45) is 1.58. The molecule has 1 aliphatic carbocycles. The topological polar surface area (TPSA) is 37.3 Å². The molecule has 1 saturated carbocycles. The average molecular weight is 144 g/mol. The molecular formula is C6H8O2S. The first-order valence-corrected chi connectivity index (χ1v) is 3.61. The van der Waals surface area contributed by atoms with Gasteiger partial charge in [0.15, 0.2) is 0 Å². The van der Waals surface area contributed by atoms with Crippen molar-refractivity contribution in [1.82, 2.24) is 0 Å². The predicted molar refractivity (Wildman–Crippen MR) is 37.4 cm³/mol. The quantitative estimate of drug-likeness (QED) is 0.652. The summed E-state index contributed by atoms with van der Waals surface area (Å²) >= 11 is 1.32. The zero-order valence-electron chi connectivity index (χ0n) is 4.96. The number of aliphatic carboxylic acids is 1. The monoisotopic (exact) mass is 144 g/mol. The summed E-state index contributed by atoms with van der Waals surface area (Å²) < 4.78 is -0.484. The maximum atomic E-state index is 10.4. The van der Waals surface area contributed by atoms with Gasteiger partial charge in [-0.1, -0.05) is 6.58 Å². The SMILES string of the molecule is C=CSC1(C(=O)O)CC1. The summed E-state index contributed by atoms with van der Waals surface area (Å²) in [5.41, 5.74) is 0. The minimum Gasteiger partial charge on any atom is -0.480 e. The molecular weight excluding hydrogens is 136 g/mol. The first-order chi connectivity index (χ1) is 4.21. The fraction of sp³-hybridized carbons (Fsp3) is 0.500. The van der Waals surface area contributed by atoms with Crippen LogP contribution < -0.4 is 0 Å². The van der Waals surface area contributed by atoms with Crippen LogP contribution in [0.15, 0.2) is 12.0 Å². The summed E-state index contributed by atoms with van der Waals surface area (Å²) in [5.74, 6) is -0.701. The van der Waals surface area contributed by atoms with E-state index in [1.54, 1.807) is 5.41 Å². The third-order valence-corrected chi connectivity index (χ3v) is 2.60. The average Bonchev–Trinajstić information content (AvgIpc) is 2.49. The maximum Gasteiger partial charge on any atom is 0.320 e. The predicted octanol–water partition coefficient (Wildman–Crippen LogP) is 1.48. The van der Waals surface area contributed by atoms with E-state index in [-0.39, 0.29) is 0 Å². The second-order valence-electron chi connectivity index (χ2n) is 2.08. The standard InChI is InChI=1S/C6H8O2S/c1-2-9-6(3-4-6)5(7)8/h2H,1,3-4H2,(H,7,8). The molecule has 1 aliphatic rings. The summed E-state index contributed by atoms with van der Waals surface area (Å²) in [4.78, 5) is 10.4. The van der Waals surface area contributed by atoms with Gasteiger partial charge in [-0.25, -0.2) is 0 Å². The lowest BCUT2D eigenvalue weighted by Crippen LogP contribution is -2.16. The fourth-order valence-corrected chi connectivity index (χ4v) is 1.41. The molecule has 0 aromatic rings. The van der Waals surface area contributed by atoms with Gasteiger partial charge in [0.25, 0.3) is 0 Å². The van der Waals surface area contributed by atoms with Gasteiger partial charge >= 0.3 is 5.97 Å². The van der Waals surface area contributed by atoms with Crippen LogP contribution >= 0.6 is 11.8 Å². The van der Waals surface area contributed by atoms with E-state index in [1.165, 1.54) is 11.8 Å². The van der Waals surface area contributed by atoms with E-state index < -0.39 is 10.7 Å². The zero-order chi connectivity index (χ0) is 6.91. The van der Waals surface area contributed by atoms with Crippen molar-refractivity contribution in [3.05, 3.63) is 12.0 Å². The Morgan fingerprint density at radius 3 is 2.44 bits per heavy atom. The Bertz CT molecular complexity index is 149. The molecule has 3 heteroatoms. The molecule has 9 heavy (non-hydrogen) atoms. The molecule has 2 nitrogen and oxygen atoms in total. The van der Waals surface area contributed by atoms with E-state index in [0.717, 1.165) is 12.8 Å². The summed E-state index contributed by atoms with van der Waals surface area (Å²) in [6.45, 7) is 3.47. The van der Waals surface area contributed by atoms with Crippen molar-refractivity contribution in [2.75, 3.05) is 0 Å². The van der Waals surface area contributed by atoms with Gasteiger partial charge in [0.05, 0.1) is 0 Å². The molecule has 0 aromatic carbocycles. The molecule has 1 fully saturated rings. The van der Waals surface area contributed by atoms with E-state index in [0.29, 0.717) is 0 Å². The molecule has 0 bridgehead atoms. The smallest absolute Gasteiger partial charge is 0.320 e. The van der Waals surface area contributed by atoms with Crippen LogP contribution in [-0.2, 0) is 4.79 Å². The number of carboxylic acid groups (broad SMARTS) is 1. The number of carbonyl (C=O) groups is 1. The third-order valence-electron chi connectivity index (χ3n) is 1.40.